The van der Waals surface area contributed by atoms with E-state index in [2.05, 4.69) is 14.1 Å². The molecule has 0 aliphatic rings. The Morgan fingerprint density at radius 1 is 1.33 bits per heavy atom. The minimum atomic E-state index is -0.644. The van der Waals surface area contributed by atoms with Crippen LogP contribution in [-0.4, -0.2) is 26.3 Å². The number of amides is 1. The monoisotopic (exact) mass is 303 g/mol. The number of aromatic nitrogens is 2. The zero-order chi connectivity index (χ0) is 14.7. The molecule has 0 unspecified atom stereocenters. The SMILES string of the molecule is O=C(NCC[C@@H](O)c1ccoc1)c1ccc2nsnc2c1. The van der Waals surface area contributed by atoms with Crippen LogP contribution in [0.2, 0.25) is 0 Å². The molecule has 0 bridgehead atoms. The lowest BCUT2D eigenvalue weighted by atomic mass is 10.1. The molecule has 7 heteroatoms. The number of benzene rings is 1. The van der Waals surface area contributed by atoms with Crippen LogP contribution < -0.4 is 5.32 Å². The molecule has 0 saturated carbocycles. The van der Waals surface area contributed by atoms with Crippen molar-refractivity contribution in [3.63, 3.8) is 0 Å². The molecule has 3 aromatic rings. The molecule has 0 spiro atoms. The van der Waals surface area contributed by atoms with E-state index in [4.69, 9.17) is 4.42 Å². The van der Waals surface area contributed by atoms with E-state index in [1.54, 1.807) is 24.3 Å². The fourth-order valence-corrected chi connectivity index (χ4v) is 2.50. The van der Waals surface area contributed by atoms with Gasteiger partial charge >= 0.3 is 0 Å². The van der Waals surface area contributed by atoms with Crippen LogP contribution in [0.5, 0.6) is 0 Å². The molecule has 1 atom stereocenters. The Morgan fingerprint density at radius 3 is 3.00 bits per heavy atom. The first-order chi connectivity index (χ1) is 10.2. The van der Waals surface area contributed by atoms with Crippen LogP contribution in [0.1, 0.15) is 28.4 Å². The van der Waals surface area contributed by atoms with Gasteiger partial charge in [0.05, 0.1) is 30.4 Å². The van der Waals surface area contributed by atoms with Gasteiger partial charge in [-0.3, -0.25) is 4.79 Å². The number of carbonyl (C=O) groups is 1. The van der Waals surface area contributed by atoms with E-state index >= 15 is 0 Å². The third-order valence-electron chi connectivity index (χ3n) is 3.15. The van der Waals surface area contributed by atoms with Gasteiger partial charge < -0.3 is 14.8 Å². The number of aliphatic hydroxyl groups is 1. The first-order valence-electron chi connectivity index (χ1n) is 6.45. The van der Waals surface area contributed by atoms with Gasteiger partial charge in [-0.1, -0.05) is 0 Å². The number of rotatable bonds is 5. The second-order valence-corrected chi connectivity index (χ2v) is 5.11. The molecule has 0 radical (unpaired) electrons. The van der Waals surface area contributed by atoms with E-state index in [0.29, 0.717) is 29.6 Å². The highest BCUT2D eigenvalue weighted by molar-refractivity contribution is 7.00. The molecule has 1 amide bonds. The predicted octanol–water partition coefficient (Wildman–Crippen LogP) is 2.14. The van der Waals surface area contributed by atoms with Gasteiger partial charge in [0.1, 0.15) is 11.0 Å². The second kappa shape index (κ2) is 6.02. The maximum absolute atomic E-state index is 12.0. The van der Waals surface area contributed by atoms with Gasteiger partial charge in [0, 0.05) is 17.7 Å². The normalized spacial score (nSPS) is 12.4. The Kier molecular flexibility index (Phi) is 3.94. The van der Waals surface area contributed by atoms with E-state index in [1.165, 1.54) is 12.5 Å². The van der Waals surface area contributed by atoms with Crippen molar-refractivity contribution in [2.75, 3.05) is 6.54 Å². The third-order valence-corrected chi connectivity index (χ3v) is 3.70. The number of hydrogen-bond acceptors (Lipinski definition) is 6. The Balaban J connectivity index is 1.56. The van der Waals surface area contributed by atoms with Crippen molar-refractivity contribution in [3.8, 4) is 0 Å². The minimum absolute atomic E-state index is 0.190. The van der Waals surface area contributed by atoms with Crippen LogP contribution in [0.25, 0.3) is 11.0 Å². The van der Waals surface area contributed by atoms with Crippen LogP contribution in [0.3, 0.4) is 0 Å². The van der Waals surface area contributed by atoms with Gasteiger partial charge in [-0.15, -0.1) is 0 Å². The van der Waals surface area contributed by atoms with E-state index in [9.17, 15) is 9.90 Å². The summed E-state index contributed by atoms with van der Waals surface area (Å²) in [5.74, 6) is -0.190. The summed E-state index contributed by atoms with van der Waals surface area (Å²) in [7, 11) is 0. The minimum Gasteiger partial charge on any atom is -0.472 e. The van der Waals surface area contributed by atoms with Gasteiger partial charge in [0.15, 0.2) is 0 Å². The van der Waals surface area contributed by atoms with Gasteiger partial charge in [0.25, 0.3) is 5.91 Å². The number of nitrogens with zero attached hydrogens (tertiary/aromatic N) is 2. The van der Waals surface area contributed by atoms with Crippen molar-refractivity contribution in [2.45, 2.75) is 12.5 Å². The van der Waals surface area contributed by atoms with Crippen LogP contribution in [-0.2, 0) is 0 Å². The lowest BCUT2D eigenvalue weighted by molar-refractivity contribution is 0.0942. The van der Waals surface area contributed by atoms with Gasteiger partial charge in [-0.05, 0) is 30.7 Å². The molecule has 2 heterocycles. The first-order valence-corrected chi connectivity index (χ1v) is 7.18. The number of hydrogen-bond donors (Lipinski definition) is 2. The van der Waals surface area contributed by atoms with Crippen LogP contribution in [0, 0.1) is 0 Å². The van der Waals surface area contributed by atoms with Crippen molar-refractivity contribution in [1.82, 2.24) is 14.1 Å². The molecule has 0 aliphatic carbocycles. The topological polar surface area (TPSA) is 88.2 Å². The first kappa shape index (κ1) is 13.7. The summed E-state index contributed by atoms with van der Waals surface area (Å²) in [4.78, 5) is 12.0. The van der Waals surface area contributed by atoms with Crippen molar-refractivity contribution in [1.29, 1.82) is 0 Å². The fraction of sp³-hybridized carbons (Fsp3) is 0.214. The Morgan fingerprint density at radius 2 is 2.19 bits per heavy atom. The predicted molar refractivity (Wildman–Crippen MR) is 78.0 cm³/mol. The van der Waals surface area contributed by atoms with E-state index in [1.807, 2.05) is 0 Å². The van der Waals surface area contributed by atoms with Crippen molar-refractivity contribution in [3.05, 3.63) is 47.9 Å². The summed E-state index contributed by atoms with van der Waals surface area (Å²) in [5.41, 5.74) is 2.74. The Bertz CT molecular complexity index is 739. The molecule has 21 heavy (non-hydrogen) atoms. The van der Waals surface area contributed by atoms with Gasteiger partial charge in [0.2, 0.25) is 0 Å². The summed E-state index contributed by atoms with van der Waals surface area (Å²) in [6.07, 6.45) is 2.78. The Hall–Kier alpha value is -2.25. The Labute approximate surface area is 124 Å². The number of nitrogens with one attached hydrogen (secondary N) is 1. The van der Waals surface area contributed by atoms with Crippen LogP contribution in [0.4, 0.5) is 0 Å². The molecule has 0 aliphatic heterocycles. The molecule has 0 saturated heterocycles. The summed E-state index contributed by atoms with van der Waals surface area (Å²) >= 11 is 1.12. The van der Waals surface area contributed by atoms with Crippen LogP contribution >= 0.6 is 11.7 Å². The number of fused-ring (bicyclic) bond motifs is 1. The second-order valence-electron chi connectivity index (χ2n) is 4.58. The fourth-order valence-electron chi connectivity index (χ4n) is 1.98. The van der Waals surface area contributed by atoms with Crippen molar-refractivity contribution in [2.24, 2.45) is 0 Å². The quantitative estimate of drug-likeness (QED) is 0.754. The average molecular weight is 303 g/mol. The summed E-state index contributed by atoms with van der Waals surface area (Å²) < 4.78 is 13.1. The van der Waals surface area contributed by atoms with Gasteiger partial charge in [-0.2, -0.15) is 8.75 Å². The summed E-state index contributed by atoms with van der Waals surface area (Å²) in [6, 6.07) is 6.90. The standard InChI is InChI=1S/C14H13N3O3S/c18-13(10-4-6-20-8-10)3-5-15-14(19)9-1-2-11-12(7-9)17-21-16-11/h1-2,4,6-8,13,18H,3,5H2,(H,15,19)/t13-/m1/s1. The summed E-state index contributed by atoms with van der Waals surface area (Å²) in [6.45, 7) is 0.374. The van der Waals surface area contributed by atoms with Gasteiger partial charge in [-0.25, -0.2) is 0 Å². The average Bonchev–Trinajstić information content (AvgIpc) is 3.17. The smallest absolute Gasteiger partial charge is 0.251 e. The summed E-state index contributed by atoms with van der Waals surface area (Å²) in [5, 5.41) is 12.7. The highest BCUT2D eigenvalue weighted by Crippen LogP contribution is 2.16. The van der Waals surface area contributed by atoms with E-state index in [0.717, 1.165) is 17.2 Å². The lowest BCUT2D eigenvalue weighted by Crippen LogP contribution is -2.25. The maximum atomic E-state index is 12.0. The number of aliphatic hydroxyl groups excluding tert-OH is 1. The maximum Gasteiger partial charge on any atom is 0.251 e. The number of furan rings is 1. The molecular weight excluding hydrogens is 290 g/mol. The zero-order valence-electron chi connectivity index (χ0n) is 11.0. The number of carbonyl (C=O) groups excluding carboxylic acids is 1. The van der Waals surface area contributed by atoms with Crippen molar-refractivity contribution >= 4 is 28.7 Å². The molecule has 2 aromatic heterocycles. The molecule has 108 valence electrons. The molecule has 2 N–H and O–H groups in total. The molecule has 0 fully saturated rings. The van der Waals surface area contributed by atoms with Crippen molar-refractivity contribution < 1.29 is 14.3 Å². The highest BCUT2D eigenvalue weighted by Gasteiger charge is 2.11. The van der Waals surface area contributed by atoms with Crippen LogP contribution in [0.15, 0.2) is 41.2 Å². The largest absolute Gasteiger partial charge is 0.472 e. The third kappa shape index (κ3) is 3.09. The van der Waals surface area contributed by atoms with E-state index < -0.39 is 6.10 Å². The zero-order valence-corrected chi connectivity index (χ0v) is 11.8. The molecule has 6 nitrogen and oxygen atoms in total. The lowest BCUT2D eigenvalue weighted by Gasteiger charge is -2.09. The van der Waals surface area contributed by atoms with E-state index in [-0.39, 0.29) is 5.91 Å². The molecular formula is C14H13N3O3S. The highest BCUT2D eigenvalue weighted by atomic mass is 32.1. The molecule has 1 aromatic carbocycles. The molecule has 3 rings (SSSR count).